The molecular weight excluding hydrogens is 204 g/mol. The number of carbonyl (C=O) groups excluding carboxylic acids is 1. The summed E-state index contributed by atoms with van der Waals surface area (Å²) >= 11 is 5.64. The van der Waals surface area contributed by atoms with Crippen LogP contribution >= 0.6 is 11.6 Å². The van der Waals surface area contributed by atoms with Gasteiger partial charge in [0.15, 0.2) is 0 Å². The number of aliphatic hydroxyl groups excluding tert-OH is 1. The molecule has 78 valence electrons. The molecule has 1 heterocycles. The fourth-order valence-corrected chi connectivity index (χ4v) is 1.15. The van der Waals surface area contributed by atoms with Gasteiger partial charge in [0.25, 0.3) is 5.91 Å². The van der Waals surface area contributed by atoms with E-state index >= 15 is 0 Å². The van der Waals surface area contributed by atoms with Crippen molar-refractivity contribution in [2.24, 2.45) is 0 Å². The average molecular weight is 217 g/mol. The summed E-state index contributed by atoms with van der Waals surface area (Å²) in [5.74, 6) is -0.211. The van der Waals surface area contributed by atoms with Crippen LogP contribution in [0.15, 0.2) is 12.3 Å². The second-order valence-corrected chi connectivity index (χ2v) is 3.56. The zero-order valence-corrected chi connectivity index (χ0v) is 8.64. The van der Waals surface area contributed by atoms with Crippen LogP contribution in [0.3, 0.4) is 0 Å². The number of hydrogen-bond donors (Lipinski definition) is 3. The van der Waals surface area contributed by atoms with Crippen LogP contribution in [0.1, 0.15) is 23.8 Å². The standard InChI is InChI=1S/C9H13ClN2O2/c1-6(13)2-3-11-9(14)8-4-7(10)5-12-8/h4-6,12-13H,2-3H2,1H3,(H,11,14). The molecular formula is C9H13ClN2O2. The molecule has 1 unspecified atom stereocenters. The number of hydrogen-bond acceptors (Lipinski definition) is 2. The highest BCUT2D eigenvalue weighted by atomic mass is 35.5. The van der Waals surface area contributed by atoms with Crippen LogP contribution in [0.5, 0.6) is 0 Å². The Bertz CT molecular complexity index is 310. The van der Waals surface area contributed by atoms with E-state index in [2.05, 4.69) is 10.3 Å². The van der Waals surface area contributed by atoms with E-state index in [4.69, 9.17) is 16.7 Å². The summed E-state index contributed by atoms with van der Waals surface area (Å²) in [5, 5.41) is 12.1. The minimum absolute atomic E-state index is 0.211. The van der Waals surface area contributed by atoms with Gasteiger partial charge in [-0.05, 0) is 19.4 Å². The number of amides is 1. The molecule has 0 aliphatic rings. The van der Waals surface area contributed by atoms with E-state index in [1.54, 1.807) is 19.2 Å². The summed E-state index contributed by atoms with van der Waals surface area (Å²) in [4.78, 5) is 14.1. The highest BCUT2D eigenvalue weighted by Gasteiger charge is 2.07. The molecule has 0 spiro atoms. The number of rotatable bonds is 4. The number of halogens is 1. The fraction of sp³-hybridized carbons (Fsp3) is 0.444. The third-order valence-corrected chi connectivity index (χ3v) is 1.96. The van der Waals surface area contributed by atoms with Crippen molar-refractivity contribution in [1.82, 2.24) is 10.3 Å². The zero-order valence-electron chi connectivity index (χ0n) is 7.88. The third kappa shape index (κ3) is 3.40. The molecule has 0 aromatic carbocycles. The molecule has 0 saturated heterocycles. The van der Waals surface area contributed by atoms with Gasteiger partial charge in [0.1, 0.15) is 5.69 Å². The van der Waals surface area contributed by atoms with E-state index in [-0.39, 0.29) is 5.91 Å². The van der Waals surface area contributed by atoms with E-state index in [0.717, 1.165) is 0 Å². The van der Waals surface area contributed by atoms with E-state index < -0.39 is 6.10 Å². The average Bonchev–Trinajstić information content (AvgIpc) is 2.51. The van der Waals surface area contributed by atoms with Crippen molar-refractivity contribution in [3.05, 3.63) is 23.0 Å². The number of aromatic amines is 1. The van der Waals surface area contributed by atoms with Crippen LogP contribution in [0, 0.1) is 0 Å². The quantitative estimate of drug-likeness (QED) is 0.708. The molecule has 1 amide bonds. The maximum Gasteiger partial charge on any atom is 0.267 e. The molecule has 0 fully saturated rings. The second kappa shape index (κ2) is 5.02. The zero-order chi connectivity index (χ0) is 10.6. The van der Waals surface area contributed by atoms with E-state index in [1.807, 2.05) is 0 Å². The van der Waals surface area contributed by atoms with Crippen molar-refractivity contribution in [3.8, 4) is 0 Å². The molecule has 0 aliphatic carbocycles. The molecule has 14 heavy (non-hydrogen) atoms. The lowest BCUT2D eigenvalue weighted by Crippen LogP contribution is -2.26. The Labute approximate surface area is 87.3 Å². The second-order valence-electron chi connectivity index (χ2n) is 3.13. The number of aliphatic hydroxyl groups is 1. The van der Waals surface area contributed by atoms with Crippen LogP contribution in [0.2, 0.25) is 5.02 Å². The Kier molecular flexibility index (Phi) is 3.98. The summed E-state index contributed by atoms with van der Waals surface area (Å²) in [6.45, 7) is 2.13. The van der Waals surface area contributed by atoms with E-state index in [9.17, 15) is 4.79 Å². The van der Waals surface area contributed by atoms with Crippen molar-refractivity contribution < 1.29 is 9.90 Å². The van der Waals surface area contributed by atoms with Crippen LogP contribution in [-0.4, -0.2) is 28.6 Å². The Balaban J connectivity index is 2.36. The molecule has 1 rings (SSSR count). The van der Waals surface area contributed by atoms with Gasteiger partial charge in [0.05, 0.1) is 11.1 Å². The maximum absolute atomic E-state index is 11.4. The Morgan fingerprint density at radius 2 is 2.50 bits per heavy atom. The third-order valence-electron chi connectivity index (χ3n) is 1.74. The molecule has 1 atom stereocenters. The molecule has 5 heteroatoms. The van der Waals surface area contributed by atoms with Gasteiger partial charge < -0.3 is 15.4 Å². The van der Waals surface area contributed by atoms with Crippen molar-refractivity contribution in [2.45, 2.75) is 19.4 Å². The highest BCUT2D eigenvalue weighted by molar-refractivity contribution is 6.30. The Morgan fingerprint density at radius 1 is 1.79 bits per heavy atom. The summed E-state index contributed by atoms with van der Waals surface area (Å²) in [5.41, 5.74) is 0.431. The fourth-order valence-electron chi connectivity index (χ4n) is 0.989. The summed E-state index contributed by atoms with van der Waals surface area (Å²) in [6, 6.07) is 1.55. The lowest BCUT2D eigenvalue weighted by Gasteiger charge is -2.05. The molecule has 4 nitrogen and oxygen atoms in total. The van der Waals surface area contributed by atoms with Gasteiger partial charge in [0, 0.05) is 12.7 Å². The number of nitrogens with one attached hydrogen (secondary N) is 2. The van der Waals surface area contributed by atoms with Gasteiger partial charge in [-0.3, -0.25) is 4.79 Å². The molecule has 1 aromatic rings. The predicted octanol–water partition coefficient (Wildman–Crippen LogP) is 1.17. The van der Waals surface area contributed by atoms with Crippen LogP contribution < -0.4 is 5.32 Å². The normalized spacial score (nSPS) is 12.5. The molecule has 0 bridgehead atoms. The van der Waals surface area contributed by atoms with E-state index in [1.165, 1.54) is 0 Å². The molecule has 1 aromatic heterocycles. The van der Waals surface area contributed by atoms with Crippen LogP contribution in [0.4, 0.5) is 0 Å². The topological polar surface area (TPSA) is 65.1 Å². The van der Waals surface area contributed by atoms with Gasteiger partial charge in [-0.25, -0.2) is 0 Å². The van der Waals surface area contributed by atoms with Crippen molar-refractivity contribution in [1.29, 1.82) is 0 Å². The Hall–Kier alpha value is -1.00. The van der Waals surface area contributed by atoms with E-state index in [0.29, 0.717) is 23.7 Å². The first kappa shape index (κ1) is 11.1. The minimum atomic E-state index is -0.400. The van der Waals surface area contributed by atoms with Gasteiger partial charge >= 0.3 is 0 Å². The maximum atomic E-state index is 11.4. The molecule has 0 saturated carbocycles. The van der Waals surface area contributed by atoms with Gasteiger partial charge in [-0.2, -0.15) is 0 Å². The van der Waals surface area contributed by atoms with Gasteiger partial charge in [-0.1, -0.05) is 11.6 Å². The molecule has 0 aliphatic heterocycles. The van der Waals surface area contributed by atoms with Crippen molar-refractivity contribution in [3.63, 3.8) is 0 Å². The largest absolute Gasteiger partial charge is 0.393 e. The highest BCUT2D eigenvalue weighted by Crippen LogP contribution is 2.08. The first-order chi connectivity index (χ1) is 6.59. The lowest BCUT2D eigenvalue weighted by molar-refractivity contribution is 0.0941. The minimum Gasteiger partial charge on any atom is -0.393 e. The molecule has 3 N–H and O–H groups in total. The summed E-state index contributed by atoms with van der Waals surface area (Å²) in [7, 11) is 0. The first-order valence-corrected chi connectivity index (χ1v) is 4.77. The predicted molar refractivity (Wildman–Crippen MR) is 54.4 cm³/mol. The van der Waals surface area contributed by atoms with Crippen LogP contribution in [-0.2, 0) is 0 Å². The lowest BCUT2D eigenvalue weighted by atomic mass is 10.3. The number of aromatic nitrogens is 1. The smallest absolute Gasteiger partial charge is 0.267 e. The van der Waals surface area contributed by atoms with Gasteiger partial charge in [0.2, 0.25) is 0 Å². The molecule has 0 radical (unpaired) electrons. The van der Waals surface area contributed by atoms with Gasteiger partial charge in [-0.15, -0.1) is 0 Å². The SMILES string of the molecule is CC(O)CCNC(=O)c1cc(Cl)c[nH]1. The van der Waals surface area contributed by atoms with Crippen molar-refractivity contribution in [2.75, 3.05) is 6.54 Å². The number of carbonyl (C=O) groups is 1. The Morgan fingerprint density at radius 3 is 3.00 bits per heavy atom. The first-order valence-electron chi connectivity index (χ1n) is 4.40. The summed E-state index contributed by atoms with van der Waals surface area (Å²) < 4.78 is 0. The monoisotopic (exact) mass is 216 g/mol. The number of H-pyrrole nitrogens is 1. The van der Waals surface area contributed by atoms with Crippen LogP contribution in [0.25, 0.3) is 0 Å². The summed E-state index contributed by atoms with van der Waals surface area (Å²) in [6.07, 6.45) is 1.69. The van der Waals surface area contributed by atoms with Crippen molar-refractivity contribution >= 4 is 17.5 Å².